The Hall–Kier alpha value is -3.06. The van der Waals surface area contributed by atoms with Crippen molar-refractivity contribution in [3.8, 4) is 0 Å². The number of hydrogen-bond acceptors (Lipinski definition) is 4. The monoisotopic (exact) mass is 410 g/mol. The van der Waals surface area contributed by atoms with Crippen LogP contribution in [0.15, 0.2) is 76.2 Å². The number of nitrogens with zero attached hydrogens (tertiary/aromatic N) is 1. The lowest BCUT2D eigenvalue weighted by Crippen LogP contribution is -2.40. The van der Waals surface area contributed by atoms with Gasteiger partial charge in [-0.25, -0.2) is 4.39 Å². The van der Waals surface area contributed by atoms with E-state index in [0.29, 0.717) is 5.69 Å². The number of rotatable bonds is 5. The van der Waals surface area contributed by atoms with E-state index in [1.807, 2.05) is 30.3 Å². The molecule has 0 radical (unpaired) electrons. The number of amides is 2. The van der Waals surface area contributed by atoms with Gasteiger partial charge in [-0.1, -0.05) is 24.3 Å². The van der Waals surface area contributed by atoms with Crippen LogP contribution in [0.3, 0.4) is 0 Å². The first kappa shape index (κ1) is 19.3. The third-order valence-electron chi connectivity index (χ3n) is 4.65. The number of carbonyl (C=O) groups excluding carboxylic acids is 2. The number of nitrogens with one attached hydrogen (secondary N) is 1. The van der Waals surface area contributed by atoms with E-state index < -0.39 is 0 Å². The van der Waals surface area contributed by atoms with Gasteiger partial charge in [0.1, 0.15) is 18.1 Å². The van der Waals surface area contributed by atoms with Gasteiger partial charge in [0.2, 0.25) is 11.8 Å². The zero-order chi connectivity index (χ0) is 20.2. The second kappa shape index (κ2) is 8.53. The van der Waals surface area contributed by atoms with Gasteiger partial charge in [-0.05, 0) is 42.0 Å². The van der Waals surface area contributed by atoms with Crippen LogP contribution in [-0.2, 0) is 16.1 Å². The van der Waals surface area contributed by atoms with Gasteiger partial charge in [0, 0.05) is 17.9 Å². The van der Waals surface area contributed by atoms with Crippen molar-refractivity contribution in [3.63, 3.8) is 0 Å². The molecule has 1 aromatic heterocycles. The van der Waals surface area contributed by atoms with Crippen molar-refractivity contribution >= 4 is 29.3 Å². The fraction of sp³-hybridized carbons (Fsp3) is 0.182. The van der Waals surface area contributed by atoms with E-state index in [9.17, 15) is 14.0 Å². The zero-order valence-electron chi connectivity index (χ0n) is 15.5. The Bertz CT molecular complexity index is 1010. The Morgan fingerprint density at radius 3 is 2.69 bits per heavy atom. The molecule has 1 atom stereocenters. The number of anilines is 1. The first-order chi connectivity index (χ1) is 14.1. The second-order valence-electron chi connectivity index (χ2n) is 6.68. The standard InChI is InChI=1S/C22H19FN2O3S/c23-16-9-7-15(8-10-16)13-24-21(26)14-25-17-4-1-2-6-19(17)29-20(12-22(25)27)18-5-3-11-28-18/h1-11,20H,12-14H2,(H,24,26)/t20-/m1/s1. The highest BCUT2D eigenvalue weighted by molar-refractivity contribution is 7.99. The van der Waals surface area contributed by atoms with Crippen LogP contribution in [0.1, 0.15) is 23.0 Å². The van der Waals surface area contributed by atoms with Crippen LogP contribution in [0.2, 0.25) is 0 Å². The van der Waals surface area contributed by atoms with E-state index in [4.69, 9.17) is 4.42 Å². The largest absolute Gasteiger partial charge is 0.468 e. The lowest BCUT2D eigenvalue weighted by Gasteiger charge is -2.22. The minimum atomic E-state index is -0.324. The van der Waals surface area contributed by atoms with Crippen molar-refractivity contribution in [2.24, 2.45) is 0 Å². The van der Waals surface area contributed by atoms with Gasteiger partial charge < -0.3 is 14.6 Å². The predicted octanol–water partition coefficient (Wildman–Crippen LogP) is 4.31. The number of benzene rings is 2. The van der Waals surface area contributed by atoms with Gasteiger partial charge in [0.15, 0.2) is 0 Å². The molecule has 3 aromatic rings. The van der Waals surface area contributed by atoms with Crippen molar-refractivity contribution in [2.45, 2.75) is 23.1 Å². The SMILES string of the molecule is O=C(CN1C(=O)C[C@H](c2ccco2)Sc2ccccc21)NCc1ccc(F)cc1. The summed E-state index contributed by atoms with van der Waals surface area (Å²) in [7, 11) is 0. The minimum absolute atomic E-state index is 0.0809. The topological polar surface area (TPSA) is 62.6 Å². The maximum atomic E-state index is 13.0. The Kier molecular flexibility index (Phi) is 5.67. The Morgan fingerprint density at radius 2 is 1.93 bits per heavy atom. The van der Waals surface area contributed by atoms with Crippen molar-refractivity contribution in [1.82, 2.24) is 5.32 Å². The van der Waals surface area contributed by atoms with Crippen molar-refractivity contribution in [2.75, 3.05) is 11.4 Å². The summed E-state index contributed by atoms with van der Waals surface area (Å²) in [5.41, 5.74) is 1.50. The van der Waals surface area contributed by atoms with Crippen LogP contribution < -0.4 is 10.2 Å². The molecule has 7 heteroatoms. The van der Waals surface area contributed by atoms with Crippen LogP contribution in [0.25, 0.3) is 0 Å². The molecule has 0 saturated carbocycles. The van der Waals surface area contributed by atoms with Crippen molar-refractivity contribution < 1.29 is 18.4 Å². The molecule has 2 heterocycles. The average Bonchev–Trinajstić information content (AvgIpc) is 3.22. The highest BCUT2D eigenvalue weighted by Gasteiger charge is 2.31. The molecule has 0 fully saturated rings. The zero-order valence-corrected chi connectivity index (χ0v) is 16.3. The van der Waals surface area contributed by atoms with E-state index in [1.165, 1.54) is 17.0 Å². The molecule has 0 bridgehead atoms. The highest BCUT2D eigenvalue weighted by atomic mass is 32.2. The highest BCUT2D eigenvalue weighted by Crippen LogP contribution is 2.45. The molecule has 0 saturated heterocycles. The molecular formula is C22H19FN2O3S. The molecule has 148 valence electrons. The smallest absolute Gasteiger partial charge is 0.240 e. The average molecular weight is 410 g/mol. The van der Waals surface area contributed by atoms with E-state index in [0.717, 1.165) is 16.2 Å². The number of thioether (sulfide) groups is 1. The number of halogens is 1. The summed E-state index contributed by atoms with van der Waals surface area (Å²) in [6, 6.07) is 17.1. The third-order valence-corrected chi connectivity index (χ3v) is 5.93. The van der Waals surface area contributed by atoms with Crippen molar-refractivity contribution in [3.05, 3.63) is 84.1 Å². The summed E-state index contributed by atoms with van der Waals surface area (Å²) in [4.78, 5) is 27.9. The Labute approximate surface area is 171 Å². The van der Waals surface area contributed by atoms with E-state index in [1.54, 1.807) is 36.2 Å². The molecular weight excluding hydrogens is 391 g/mol. The van der Waals surface area contributed by atoms with Gasteiger partial charge in [0.05, 0.1) is 17.2 Å². The number of para-hydroxylation sites is 1. The second-order valence-corrected chi connectivity index (χ2v) is 7.92. The summed E-state index contributed by atoms with van der Waals surface area (Å²) in [6.45, 7) is 0.190. The molecule has 2 aromatic carbocycles. The lowest BCUT2D eigenvalue weighted by atomic mass is 10.2. The van der Waals surface area contributed by atoms with Gasteiger partial charge in [-0.3, -0.25) is 9.59 Å². The third kappa shape index (κ3) is 4.51. The first-order valence-electron chi connectivity index (χ1n) is 9.21. The van der Waals surface area contributed by atoms with E-state index >= 15 is 0 Å². The van der Waals surface area contributed by atoms with E-state index in [2.05, 4.69) is 5.32 Å². The Balaban J connectivity index is 1.49. The minimum Gasteiger partial charge on any atom is -0.468 e. The quantitative estimate of drug-likeness (QED) is 0.681. The molecule has 0 unspecified atom stereocenters. The summed E-state index contributed by atoms with van der Waals surface area (Å²) in [5.74, 6) is -0.00377. The predicted molar refractivity (Wildman–Crippen MR) is 109 cm³/mol. The van der Waals surface area contributed by atoms with Gasteiger partial charge in [0.25, 0.3) is 0 Å². The summed E-state index contributed by atoms with van der Waals surface area (Å²) < 4.78 is 18.5. The fourth-order valence-electron chi connectivity index (χ4n) is 3.19. The van der Waals surface area contributed by atoms with Crippen LogP contribution >= 0.6 is 11.8 Å². The number of fused-ring (bicyclic) bond motifs is 1. The van der Waals surface area contributed by atoms with Crippen LogP contribution in [0.4, 0.5) is 10.1 Å². The molecule has 4 rings (SSSR count). The summed E-state index contributed by atoms with van der Waals surface area (Å²) in [5, 5.41) is 2.65. The normalized spacial score (nSPS) is 16.2. The molecule has 1 aliphatic heterocycles. The van der Waals surface area contributed by atoms with Crippen LogP contribution in [-0.4, -0.2) is 18.4 Å². The molecule has 1 N–H and O–H groups in total. The molecule has 5 nitrogen and oxygen atoms in total. The molecule has 2 amide bonds. The first-order valence-corrected chi connectivity index (χ1v) is 10.1. The summed E-state index contributed by atoms with van der Waals surface area (Å²) in [6.07, 6.45) is 1.83. The fourth-order valence-corrected chi connectivity index (χ4v) is 4.43. The van der Waals surface area contributed by atoms with Crippen LogP contribution in [0.5, 0.6) is 0 Å². The Morgan fingerprint density at radius 1 is 1.14 bits per heavy atom. The maximum Gasteiger partial charge on any atom is 0.240 e. The molecule has 0 spiro atoms. The van der Waals surface area contributed by atoms with Gasteiger partial charge >= 0.3 is 0 Å². The van der Waals surface area contributed by atoms with E-state index in [-0.39, 0.29) is 42.4 Å². The molecule has 1 aliphatic rings. The molecule has 29 heavy (non-hydrogen) atoms. The number of carbonyl (C=O) groups is 2. The number of furan rings is 1. The molecule has 0 aliphatic carbocycles. The van der Waals surface area contributed by atoms with Crippen molar-refractivity contribution in [1.29, 1.82) is 0 Å². The van der Waals surface area contributed by atoms with Crippen LogP contribution in [0, 0.1) is 5.82 Å². The number of hydrogen-bond donors (Lipinski definition) is 1. The summed E-state index contributed by atoms with van der Waals surface area (Å²) >= 11 is 1.56. The maximum absolute atomic E-state index is 13.0. The lowest BCUT2D eigenvalue weighted by molar-refractivity contribution is -0.124. The van der Waals surface area contributed by atoms with Gasteiger partial charge in [-0.15, -0.1) is 11.8 Å². The van der Waals surface area contributed by atoms with Gasteiger partial charge in [-0.2, -0.15) is 0 Å².